The maximum absolute atomic E-state index is 12.5. The van der Waals surface area contributed by atoms with Gasteiger partial charge in [-0.2, -0.15) is 0 Å². The van der Waals surface area contributed by atoms with Gasteiger partial charge in [0.1, 0.15) is 5.82 Å². The molecule has 6 heteroatoms. The van der Waals surface area contributed by atoms with Gasteiger partial charge >= 0.3 is 0 Å². The Morgan fingerprint density at radius 2 is 2.22 bits per heavy atom. The van der Waals surface area contributed by atoms with Crippen molar-refractivity contribution >= 4 is 5.91 Å². The molecule has 1 N–H and O–H groups in total. The van der Waals surface area contributed by atoms with Gasteiger partial charge in [-0.05, 0) is 25.1 Å². The maximum atomic E-state index is 12.5. The molecule has 0 radical (unpaired) electrons. The number of imidazole rings is 1. The number of piperazine rings is 1. The van der Waals surface area contributed by atoms with Crippen LogP contribution in [0.15, 0.2) is 36.8 Å². The first kappa shape index (κ1) is 15.7. The van der Waals surface area contributed by atoms with Crippen molar-refractivity contribution in [2.24, 2.45) is 0 Å². The number of hydrogen-bond donors (Lipinski definition) is 1. The monoisotopic (exact) mass is 313 g/mol. The second-order valence-electron chi connectivity index (χ2n) is 5.78. The molecule has 0 bridgehead atoms. The molecule has 0 aromatic carbocycles. The summed E-state index contributed by atoms with van der Waals surface area (Å²) >= 11 is 0. The highest BCUT2D eigenvalue weighted by atomic mass is 16.2. The van der Waals surface area contributed by atoms with Gasteiger partial charge in [0, 0.05) is 50.3 Å². The lowest BCUT2D eigenvalue weighted by atomic mass is 10.1. The molecule has 1 fully saturated rings. The molecule has 1 saturated heterocycles. The first-order valence-electron chi connectivity index (χ1n) is 8.19. The number of nitrogens with zero attached hydrogens (tertiary/aromatic N) is 4. The van der Waals surface area contributed by atoms with E-state index in [0.29, 0.717) is 19.4 Å². The van der Waals surface area contributed by atoms with Crippen molar-refractivity contribution in [2.45, 2.75) is 25.8 Å². The second-order valence-corrected chi connectivity index (χ2v) is 5.78. The fraction of sp³-hybridized carbons (Fsp3) is 0.471. The lowest BCUT2D eigenvalue weighted by Crippen LogP contribution is -2.50. The molecule has 6 nitrogen and oxygen atoms in total. The minimum atomic E-state index is 0.155. The molecular weight excluding hydrogens is 290 g/mol. The zero-order chi connectivity index (χ0) is 16.1. The fourth-order valence-electron chi connectivity index (χ4n) is 3.08. The van der Waals surface area contributed by atoms with Gasteiger partial charge in [0.15, 0.2) is 0 Å². The van der Waals surface area contributed by atoms with E-state index in [1.54, 1.807) is 12.4 Å². The highest BCUT2D eigenvalue weighted by molar-refractivity contribution is 5.76. The molecule has 122 valence electrons. The predicted molar refractivity (Wildman–Crippen MR) is 87.7 cm³/mol. The zero-order valence-electron chi connectivity index (χ0n) is 13.5. The summed E-state index contributed by atoms with van der Waals surface area (Å²) in [6, 6.07) is 5.97. The summed E-state index contributed by atoms with van der Waals surface area (Å²) in [6.07, 6.45) is 6.58. The third-order valence-electron chi connectivity index (χ3n) is 4.41. The van der Waals surface area contributed by atoms with Gasteiger partial charge in [-0.15, -0.1) is 0 Å². The number of carbonyl (C=O) groups excluding carboxylic acids is 1. The minimum Gasteiger partial charge on any atom is -0.347 e. The molecule has 0 unspecified atom stereocenters. The van der Waals surface area contributed by atoms with Crippen LogP contribution < -0.4 is 0 Å². The summed E-state index contributed by atoms with van der Waals surface area (Å²) in [5.74, 6) is 1.14. The van der Waals surface area contributed by atoms with Gasteiger partial charge in [0.25, 0.3) is 0 Å². The van der Waals surface area contributed by atoms with Crippen molar-refractivity contribution in [2.75, 3.05) is 26.2 Å². The Bertz CT molecular complexity index is 613. The van der Waals surface area contributed by atoms with Crippen LogP contribution in [0.5, 0.6) is 0 Å². The molecule has 3 rings (SSSR count). The molecule has 2 aromatic rings. The third kappa shape index (κ3) is 3.76. The molecule has 1 aliphatic rings. The second kappa shape index (κ2) is 7.37. The van der Waals surface area contributed by atoms with Crippen molar-refractivity contribution in [3.63, 3.8) is 0 Å². The van der Waals surface area contributed by atoms with E-state index in [4.69, 9.17) is 0 Å². The SMILES string of the molecule is CCN1CCN(C(=O)CCc2ccccn2)C[C@H]1c1ncc[nH]1. The van der Waals surface area contributed by atoms with Crippen LogP contribution >= 0.6 is 0 Å². The van der Waals surface area contributed by atoms with Crippen LogP contribution in [0.25, 0.3) is 0 Å². The van der Waals surface area contributed by atoms with Crippen LogP contribution in [0.1, 0.15) is 30.9 Å². The average Bonchev–Trinajstić information content (AvgIpc) is 3.14. The average molecular weight is 313 g/mol. The normalized spacial score (nSPS) is 19.0. The summed E-state index contributed by atoms with van der Waals surface area (Å²) in [7, 11) is 0. The van der Waals surface area contributed by atoms with E-state index in [1.165, 1.54) is 0 Å². The van der Waals surface area contributed by atoms with Gasteiger partial charge in [-0.3, -0.25) is 14.7 Å². The number of rotatable bonds is 5. The molecule has 0 aliphatic carbocycles. The standard InChI is InChI=1S/C17H23N5O/c1-2-21-11-12-22(13-15(21)17-19-9-10-20-17)16(23)7-6-14-5-3-4-8-18-14/h3-5,8-10,15H,2,6-7,11-13H2,1H3,(H,19,20)/t15-/m0/s1. The van der Waals surface area contributed by atoms with Crippen molar-refractivity contribution in [3.05, 3.63) is 48.3 Å². The molecule has 0 spiro atoms. The Morgan fingerprint density at radius 3 is 2.91 bits per heavy atom. The molecule has 23 heavy (non-hydrogen) atoms. The number of carbonyl (C=O) groups is 1. The number of H-pyrrole nitrogens is 1. The number of hydrogen-bond acceptors (Lipinski definition) is 4. The van der Waals surface area contributed by atoms with Crippen molar-refractivity contribution in [1.29, 1.82) is 0 Å². The Hall–Kier alpha value is -2.21. The van der Waals surface area contributed by atoms with Crippen LogP contribution in [0.4, 0.5) is 0 Å². The third-order valence-corrected chi connectivity index (χ3v) is 4.41. The van der Waals surface area contributed by atoms with E-state index in [9.17, 15) is 4.79 Å². The maximum Gasteiger partial charge on any atom is 0.223 e. The Labute approximate surface area is 136 Å². The summed E-state index contributed by atoms with van der Waals surface area (Å²) in [5.41, 5.74) is 0.968. The lowest BCUT2D eigenvalue weighted by Gasteiger charge is -2.40. The minimum absolute atomic E-state index is 0.155. The van der Waals surface area contributed by atoms with Crippen LogP contribution in [0, 0.1) is 0 Å². The number of pyridine rings is 1. The number of aryl methyl sites for hydroxylation is 1. The highest BCUT2D eigenvalue weighted by Crippen LogP contribution is 2.23. The van der Waals surface area contributed by atoms with Crippen LogP contribution in [0.2, 0.25) is 0 Å². The van der Waals surface area contributed by atoms with E-state index < -0.39 is 0 Å². The predicted octanol–water partition coefficient (Wildman–Crippen LogP) is 1.64. The van der Waals surface area contributed by atoms with Gasteiger partial charge in [-0.25, -0.2) is 4.98 Å². The van der Waals surface area contributed by atoms with Crippen LogP contribution in [-0.2, 0) is 11.2 Å². The Morgan fingerprint density at radius 1 is 1.30 bits per heavy atom. The van der Waals surface area contributed by atoms with E-state index in [-0.39, 0.29) is 11.9 Å². The van der Waals surface area contributed by atoms with Gasteiger partial charge < -0.3 is 9.88 Å². The first-order valence-corrected chi connectivity index (χ1v) is 8.19. The van der Waals surface area contributed by atoms with E-state index in [2.05, 4.69) is 26.8 Å². The Kier molecular flexibility index (Phi) is 5.02. The van der Waals surface area contributed by atoms with Crippen molar-refractivity contribution in [3.8, 4) is 0 Å². The quantitative estimate of drug-likeness (QED) is 0.911. The largest absolute Gasteiger partial charge is 0.347 e. The summed E-state index contributed by atoms with van der Waals surface area (Å²) < 4.78 is 0. The number of likely N-dealkylation sites (N-methyl/N-ethyl adjacent to an activating group) is 1. The molecule has 3 heterocycles. The summed E-state index contributed by atoms with van der Waals surface area (Å²) in [5, 5.41) is 0. The molecule has 1 aliphatic heterocycles. The number of nitrogens with one attached hydrogen (secondary N) is 1. The van der Waals surface area contributed by atoms with Crippen molar-refractivity contribution < 1.29 is 4.79 Å². The summed E-state index contributed by atoms with van der Waals surface area (Å²) in [4.78, 5) is 28.7. The Balaban J connectivity index is 1.60. The van der Waals surface area contributed by atoms with Gasteiger partial charge in [0.2, 0.25) is 5.91 Å². The number of amides is 1. The fourth-order valence-corrected chi connectivity index (χ4v) is 3.08. The topological polar surface area (TPSA) is 65.1 Å². The van der Waals surface area contributed by atoms with E-state index in [0.717, 1.165) is 31.2 Å². The van der Waals surface area contributed by atoms with Crippen molar-refractivity contribution in [1.82, 2.24) is 24.8 Å². The van der Waals surface area contributed by atoms with E-state index in [1.807, 2.05) is 29.3 Å². The zero-order valence-corrected chi connectivity index (χ0v) is 13.5. The van der Waals surface area contributed by atoms with Gasteiger partial charge in [-0.1, -0.05) is 13.0 Å². The number of aromatic amines is 1. The highest BCUT2D eigenvalue weighted by Gasteiger charge is 2.30. The first-order chi connectivity index (χ1) is 11.3. The summed E-state index contributed by atoms with van der Waals surface area (Å²) in [6.45, 7) is 5.47. The lowest BCUT2D eigenvalue weighted by molar-refractivity contribution is -0.134. The van der Waals surface area contributed by atoms with Gasteiger partial charge in [0.05, 0.1) is 6.04 Å². The van der Waals surface area contributed by atoms with Crippen LogP contribution in [-0.4, -0.2) is 56.8 Å². The number of aromatic nitrogens is 3. The van der Waals surface area contributed by atoms with Crippen LogP contribution in [0.3, 0.4) is 0 Å². The molecule has 1 atom stereocenters. The molecule has 0 saturated carbocycles. The smallest absolute Gasteiger partial charge is 0.223 e. The molecular formula is C17H23N5O. The van der Waals surface area contributed by atoms with E-state index >= 15 is 0 Å². The molecule has 1 amide bonds. The molecule has 2 aromatic heterocycles.